The smallest absolute Gasteiger partial charge is 0.282 e. The third kappa shape index (κ3) is 3.61. The zero-order valence-corrected chi connectivity index (χ0v) is 17.8. The van der Waals surface area contributed by atoms with Gasteiger partial charge in [-0.05, 0) is 53.3 Å². The molecule has 4 aromatic carbocycles. The van der Waals surface area contributed by atoms with Crippen LogP contribution in [0.15, 0.2) is 96.0 Å². The van der Waals surface area contributed by atoms with Gasteiger partial charge in [0.25, 0.3) is 5.91 Å². The van der Waals surface area contributed by atoms with Gasteiger partial charge in [-0.25, -0.2) is 4.99 Å². The lowest BCUT2D eigenvalue weighted by molar-refractivity contribution is -0.111. The second-order valence-electron chi connectivity index (χ2n) is 7.44. The highest BCUT2D eigenvalue weighted by molar-refractivity contribution is 7.80. The van der Waals surface area contributed by atoms with Crippen molar-refractivity contribution in [2.45, 2.75) is 6.54 Å². The summed E-state index contributed by atoms with van der Waals surface area (Å²) in [6, 6.07) is 28.5. The summed E-state index contributed by atoms with van der Waals surface area (Å²) < 4.78 is 0. The number of carbonyl (C=O) groups excluding carboxylic acids is 1. The number of phenols is 1. The lowest BCUT2D eigenvalue weighted by Gasteiger charge is -2.16. The molecule has 1 amide bonds. The van der Waals surface area contributed by atoms with Crippen LogP contribution in [-0.2, 0) is 11.3 Å². The molecule has 1 heterocycles. The van der Waals surface area contributed by atoms with Crippen LogP contribution in [-0.4, -0.2) is 21.8 Å². The molecule has 2 N–H and O–H groups in total. The van der Waals surface area contributed by atoms with Gasteiger partial charge in [0.2, 0.25) is 0 Å². The number of hydrogen-bond donors (Lipinski definition) is 2. The van der Waals surface area contributed by atoms with Crippen molar-refractivity contribution in [3.05, 3.63) is 102 Å². The van der Waals surface area contributed by atoms with Gasteiger partial charge in [-0.15, -0.1) is 0 Å². The molecule has 0 fully saturated rings. The fraction of sp³-hybridized carbons (Fsp3) is 0.0385. The summed E-state index contributed by atoms with van der Waals surface area (Å²) in [5, 5.41) is 15.6. The van der Waals surface area contributed by atoms with Crippen LogP contribution in [0.2, 0.25) is 0 Å². The standard InChI is InChI=1S/C26H19N3O2S/c30-23-15-18-9-5-4-8-17(18)14-19(23)16-27-26(32)28-24-21-12-6-7-13-22(21)29(25(24)31)20-10-2-1-3-11-20/h1-15,30H,16H2,(H,27,32)/b28-24-. The van der Waals surface area contributed by atoms with Gasteiger partial charge in [0.15, 0.2) is 5.11 Å². The van der Waals surface area contributed by atoms with E-state index in [0.29, 0.717) is 17.8 Å². The van der Waals surface area contributed by atoms with Crippen LogP contribution in [0.3, 0.4) is 0 Å². The van der Waals surface area contributed by atoms with Gasteiger partial charge in [0, 0.05) is 23.4 Å². The molecule has 5 nitrogen and oxygen atoms in total. The molecule has 0 saturated carbocycles. The van der Waals surface area contributed by atoms with Crippen molar-refractivity contribution in [2.24, 2.45) is 4.99 Å². The van der Waals surface area contributed by atoms with Gasteiger partial charge < -0.3 is 10.4 Å². The van der Waals surface area contributed by atoms with E-state index in [9.17, 15) is 9.90 Å². The number of nitrogens with one attached hydrogen (secondary N) is 1. The summed E-state index contributed by atoms with van der Waals surface area (Å²) in [6.45, 7) is 0.296. The van der Waals surface area contributed by atoms with Gasteiger partial charge in [0.05, 0.1) is 5.69 Å². The monoisotopic (exact) mass is 437 g/mol. The Hall–Kier alpha value is -4.03. The molecule has 0 aliphatic carbocycles. The molecule has 1 aliphatic rings. The second kappa shape index (κ2) is 8.24. The number of hydrogen-bond acceptors (Lipinski definition) is 3. The molecule has 0 aromatic heterocycles. The number of thiocarbonyl (C=S) groups is 1. The van der Waals surface area contributed by atoms with Gasteiger partial charge in [-0.3, -0.25) is 9.69 Å². The minimum absolute atomic E-state index is 0.184. The Bertz CT molecular complexity index is 1380. The molecule has 1 aliphatic heterocycles. The van der Waals surface area contributed by atoms with Crippen LogP contribution in [0.4, 0.5) is 11.4 Å². The van der Waals surface area contributed by atoms with E-state index in [-0.39, 0.29) is 16.8 Å². The van der Waals surface area contributed by atoms with Crippen LogP contribution >= 0.6 is 12.2 Å². The number of anilines is 2. The normalized spacial score (nSPS) is 14.1. The van der Waals surface area contributed by atoms with E-state index in [1.54, 1.807) is 11.0 Å². The molecule has 156 valence electrons. The number of phenolic OH excluding ortho intramolecular Hbond substituents is 1. The second-order valence-corrected chi connectivity index (χ2v) is 7.83. The highest BCUT2D eigenvalue weighted by Gasteiger charge is 2.34. The Labute approximate surface area is 190 Å². The van der Waals surface area contributed by atoms with E-state index in [0.717, 1.165) is 27.7 Å². The molecule has 0 unspecified atom stereocenters. The van der Waals surface area contributed by atoms with Crippen molar-refractivity contribution in [1.29, 1.82) is 0 Å². The lowest BCUT2D eigenvalue weighted by Crippen LogP contribution is -2.28. The highest BCUT2D eigenvalue weighted by Crippen LogP contribution is 2.35. The lowest BCUT2D eigenvalue weighted by atomic mass is 10.1. The maximum absolute atomic E-state index is 13.2. The van der Waals surface area contributed by atoms with Crippen LogP contribution in [0, 0.1) is 0 Å². The summed E-state index contributed by atoms with van der Waals surface area (Å²) in [5.41, 5.74) is 3.28. The van der Waals surface area contributed by atoms with Crippen molar-refractivity contribution >= 4 is 51.1 Å². The van der Waals surface area contributed by atoms with Crippen molar-refractivity contribution in [3.8, 4) is 5.75 Å². The Morgan fingerprint density at radius 1 is 0.906 bits per heavy atom. The molecule has 6 heteroatoms. The third-order valence-corrected chi connectivity index (χ3v) is 5.65. The van der Waals surface area contributed by atoms with E-state index in [2.05, 4.69) is 10.3 Å². The zero-order valence-electron chi connectivity index (χ0n) is 17.0. The Morgan fingerprint density at radius 3 is 2.34 bits per heavy atom. The largest absolute Gasteiger partial charge is 0.508 e. The first-order valence-corrected chi connectivity index (χ1v) is 10.6. The van der Waals surface area contributed by atoms with Crippen molar-refractivity contribution < 1.29 is 9.90 Å². The number of aromatic hydroxyl groups is 1. The van der Waals surface area contributed by atoms with Gasteiger partial charge in [-0.1, -0.05) is 60.7 Å². The van der Waals surface area contributed by atoms with E-state index in [1.165, 1.54) is 0 Å². The number of para-hydroxylation sites is 2. The van der Waals surface area contributed by atoms with Gasteiger partial charge in [-0.2, -0.15) is 0 Å². The number of amides is 1. The predicted octanol–water partition coefficient (Wildman–Crippen LogP) is 5.09. The first-order valence-electron chi connectivity index (χ1n) is 10.2. The molecular weight excluding hydrogens is 418 g/mol. The summed E-state index contributed by atoms with van der Waals surface area (Å²) in [6.07, 6.45) is 0. The van der Waals surface area contributed by atoms with Crippen LogP contribution in [0.25, 0.3) is 10.8 Å². The van der Waals surface area contributed by atoms with E-state index < -0.39 is 0 Å². The summed E-state index contributed by atoms with van der Waals surface area (Å²) >= 11 is 5.42. The topological polar surface area (TPSA) is 64.9 Å². The molecule has 0 bridgehead atoms. The summed E-state index contributed by atoms with van der Waals surface area (Å²) in [7, 11) is 0. The average molecular weight is 438 g/mol. The summed E-state index contributed by atoms with van der Waals surface area (Å²) in [4.78, 5) is 19.3. The molecule has 0 spiro atoms. The van der Waals surface area contributed by atoms with E-state index in [4.69, 9.17) is 12.2 Å². The minimum atomic E-state index is -0.227. The highest BCUT2D eigenvalue weighted by atomic mass is 32.1. The van der Waals surface area contributed by atoms with Crippen molar-refractivity contribution in [3.63, 3.8) is 0 Å². The SMILES string of the molecule is O=C1/C(=N\C(=S)NCc2cc3ccccc3cc2O)c2ccccc2N1c1ccccc1. The van der Waals surface area contributed by atoms with Gasteiger partial charge >= 0.3 is 0 Å². The van der Waals surface area contributed by atoms with Crippen molar-refractivity contribution in [1.82, 2.24) is 5.32 Å². The first-order chi connectivity index (χ1) is 15.6. The zero-order chi connectivity index (χ0) is 22.1. The maximum Gasteiger partial charge on any atom is 0.282 e. The molecule has 32 heavy (non-hydrogen) atoms. The number of aliphatic imine (C=N–C) groups is 1. The van der Waals surface area contributed by atoms with Crippen LogP contribution in [0.5, 0.6) is 5.75 Å². The van der Waals surface area contributed by atoms with Crippen molar-refractivity contribution in [2.75, 3.05) is 4.90 Å². The Morgan fingerprint density at radius 2 is 1.56 bits per heavy atom. The Balaban J connectivity index is 1.41. The number of rotatable bonds is 3. The fourth-order valence-corrected chi connectivity index (χ4v) is 4.03. The average Bonchev–Trinajstić information content (AvgIpc) is 3.09. The quantitative estimate of drug-likeness (QED) is 0.439. The third-order valence-electron chi connectivity index (χ3n) is 5.41. The van der Waals surface area contributed by atoms with Gasteiger partial charge in [0.1, 0.15) is 11.5 Å². The maximum atomic E-state index is 13.2. The number of fused-ring (bicyclic) bond motifs is 2. The molecule has 0 radical (unpaired) electrons. The predicted molar refractivity (Wildman–Crippen MR) is 132 cm³/mol. The Kier molecular flexibility index (Phi) is 5.13. The van der Waals surface area contributed by atoms with Crippen LogP contribution < -0.4 is 10.2 Å². The first kappa shape index (κ1) is 19.9. The molecule has 0 saturated heterocycles. The van der Waals surface area contributed by atoms with E-state index >= 15 is 0 Å². The number of carbonyl (C=O) groups is 1. The summed E-state index contributed by atoms with van der Waals surface area (Å²) in [5.74, 6) is -0.0423. The number of benzene rings is 4. The fourth-order valence-electron chi connectivity index (χ4n) is 3.87. The van der Waals surface area contributed by atoms with Crippen LogP contribution in [0.1, 0.15) is 11.1 Å². The number of nitrogens with zero attached hydrogens (tertiary/aromatic N) is 2. The van der Waals surface area contributed by atoms with E-state index in [1.807, 2.05) is 84.9 Å². The minimum Gasteiger partial charge on any atom is -0.508 e. The molecular formula is C26H19N3O2S. The molecule has 4 aromatic rings. The molecule has 0 atom stereocenters. The molecule has 5 rings (SSSR count).